The Hall–Kier alpha value is -1.32. The number of hydrogen-bond acceptors (Lipinski definition) is 4. The molecule has 1 unspecified atom stereocenters. The van der Waals surface area contributed by atoms with Crippen LogP contribution >= 0.6 is 0 Å². The van der Waals surface area contributed by atoms with E-state index in [1.807, 2.05) is 0 Å². The standard InChI is InChI=1S/C6H10N4O4S/c1-5-7-4-6(10(11)12)9(5)3-2-8-15(13)14/h4,8H,2-3H2,1H3,(H,13,14). The summed E-state index contributed by atoms with van der Waals surface area (Å²) in [5.74, 6) is 0.366. The van der Waals surface area contributed by atoms with Gasteiger partial charge in [-0.2, -0.15) is 0 Å². The lowest BCUT2D eigenvalue weighted by atomic mass is 10.5. The fraction of sp³-hybridized carbons (Fsp3) is 0.500. The maximum atomic E-state index is 10.5. The highest BCUT2D eigenvalue weighted by Crippen LogP contribution is 2.12. The third-order valence-corrected chi connectivity index (χ3v) is 2.23. The molecule has 0 radical (unpaired) electrons. The lowest BCUT2D eigenvalue weighted by Crippen LogP contribution is -2.22. The van der Waals surface area contributed by atoms with Gasteiger partial charge in [-0.25, -0.2) is 18.5 Å². The van der Waals surface area contributed by atoms with Gasteiger partial charge in [0, 0.05) is 13.5 Å². The van der Waals surface area contributed by atoms with Gasteiger partial charge in [0.05, 0.1) is 0 Å². The maximum absolute atomic E-state index is 10.5. The summed E-state index contributed by atoms with van der Waals surface area (Å²) in [5.41, 5.74) is 0. The van der Waals surface area contributed by atoms with Crippen molar-refractivity contribution >= 4 is 17.1 Å². The molecule has 1 heterocycles. The number of imidazole rings is 1. The fourth-order valence-electron chi connectivity index (χ4n) is 1.12. The highest BCUT2D eigenvalue weighted by molar-refractivity contribution is 7.77. The molecule has 0 aliphatic heterocycles. The van der Waals surface area contributed by atoms with E-state index in [0.717, 1.165) is 6.20 Å². The van der Waals surface area contributed by atoms with E-state index in [9.17, 15) is 14.3 Å². The molecule has 2 N–H and O–H groups in total. The molecule has 0 fully saturated rings. The van der Waals surface area contributed by atoms with Gasteiger partial charge >= 0.3 is 5.82 Å². The number of aryl methyl sites for hydroxylation is 1. The first kappa shape index (κ1) is 11.8. The maximum Gasteiger partial charge on any atom is 0.342 e. The number of nitrogens with one attached hydrogen (secondary N) is 1. The van der Waals surface area contributed by atoms with Gasteiger partial charge in [-0.05, 0) is 4.92 Å². The molecule has 0 amide bonds. The summed E-state index contributed by atoms with van der Waals surface area (Å²) in [6.45, 7) is 2.00. The molecule has 0 aliphatic rings. The number of nitrogens with zero attached hydrogens (tertiary/aromatic N) is 3. The number of hydrogen-bond donors (Lipinski definition) is 2. The zero-order valence-electron chi connectivity index (χ0n) is 7.91. The van der Waals surface area contributed by atoms with Crippen molar-refractivity contribution in [1.29, 1.82) is 0 Å². The Morgan fingerprint density at radius 1 is 1.80 bits per heavy atom. The number of nitro groups is 1. The van der Waals surface area contributed by atoms with E-state index in [4.69, 9.17) is 4.55 Å². The van der Waals surface area contributed by atoms with Gasteiger partial charge in [0.2, 0.25) is 11.3 Å². The predicted octanol–water partition coefficient (Wildman–Crippen LogP) is -0.174. The van der Waals surface area contributed by atoms with Crippen LogP contribution in [0.3, 0.4) is 0 Å². The third-order valence-electron chi connectivity index (χ3n) is 1.78. The molecule has 1 rings (SSSR count). The van der Waals surface area contributed by atoms with Gasteiger partial charge in [0.1, 0.15) is 12.7 Å². The minimum Gasteiger partial charge on any atom is -0.358 e. The van der Waals surface area contributed by atoms with Crippen LogP contribution in [0.15, 0.2) is 6.20 Å². The lowest BCUT2D eigenvalue weighted by molar-refractivity contribution is -0.392. The number of rotatable bonds is 5. The second kappa shape index (κ2) is 4.96. The van der Waals surface area contributed by atoms with Crippen molar-refractivity contribution in [2.45, 2.75) is 13.5 Å². The molecule has 0 saturated carbocycles. The quantitative estimate of drug-likeness (QED) is 0.417. The van der Waals surface area contributed by atoms with Gasteiger partial charge in [-0.1, -0.05) is 0 Å². The van der Waals surface area contributed by atoms with Crippen molar-refractivity contribution in [1.82, 2.24) is 14.3 Å². The van der Waals surface area contributed by atoms with Crippen LogP contribution in [0.2, 0.25) is 0 Å². The van der Waals surface area contributed by atoms with Gasteiger partial charge in [-0.15, -0.1) is 0 Å². The Morgan fingerprint density at radius 2 is 2.47 bits per heavy atom. The van der Waals surface area contributed by atoms with Crippen LogP contribution < -0.4 is 4.72 Å². The zero-order valence-corrected chi connectivity index (χ0v) is 8.73. The molecule has 1 atom stereocenters. The Balaban J connectivity index is 2.70. The molecule has 1 aromatic heterocycles. The highest BCUT2D eigenvalue weighted by Gasteiger charge is 2.16. The summed E-state index contributed by atoms with van der Waals surface area (Å²) in [6, 6.07) is 0. The van der Waals surface area contributed by atoms with E-state index in [0.29, 0.717) is 5.82 Å². The summed E-state index contributed by atoms with van der Waals surface area (Å²) in [6.07, 6.45) is 1.16. The first-order valence-corrected chi connectivity index (χ1v) is 5.14. The highest BCUT2D eigenvalue weighted by atomic mass is 32.2. The summed E-state index contributed by atoms with van der Waals surface area (Å²) in [4.78, 5) is 13.8. The lowest BCUT2D eigenvalue weighted by Gasteiger charge is -2.02. The van der Waals surface area contributed by atoms with Crippen molar-refractivity contribution in [2.75, 3.05) is 6.54 Å². The minimum atomic E-state index is -2.10. The van der Waals surface area contributed by atoms with Crippen LogP contribution in [0.1, 0.15) is 5.82 Å². The average molecular weight is 234 g/mol. The van der Waals surface area contributed by atoms with Gasteiger partial charge in [0.25, 0.3) is 0 Å². The first-order chi connectivity index (χ1) is 7.02. The summed E-state index contributed by atoms with van der Waals surface area (Å²) < 4.78 is 22.3. The molecule has 0 aliphatic carbocycles. The molecule has 0 saturated heterocycles. The monoisotopic (exact) mass is 234 g/mol. The molecule has 15 heavy (non-hydrogen) atoms. The van der Waals surface area contributed by atoms with Gasteiger partial charge in [-0.3, -0.25) is 4.55 Å². The van der Waals surface area contributed by atoms with Crippen LogP contribution in [0.4, 0.5) is 5.82 Å². The normalized spacial score (nSPS) is 12.7. The predicted molar refractivity (Wildman–Crippen MR) is 52.4 cm³/mol. The van der Waals surface area contributed by atoms with Gasteiger partial charge in [0.15, 0.2) is 5.82 Å². The van der Waals surface area contributed by atoms with Crippen LogP contribution in [-0.4, -0.2) is 29.8 Å². The summed E-state index contributed by atoms with van der Waals surface area (Å²) >= 11 is -2.10. The Labute approximate surface area is 87.9 Å². The Kier molecular flexibility index (Phi) is 3.88. The van der Waals surface area contributed by atoms with Gasteiger partial charge < -0.3 is 10.1 Å². The summed E-state index contributed by atoms with van der Waals surface area (Å²) in [7, 11) is 0. The molecular weight excluding hydrogens is 224 g/mol. The second-order valence-corrected chi connectivity index (χ2v) is 3.50. The molecule has 0 bridgehead atoms. The van der Waals surface area contributed by atoms with E-state index in [1.165, 1.54) is 4.57 Å². The van der Waals surface area contributed by atoms with Crippen molar-refractivity contribution in [3.05, 3.63) is 22.1 Å². The topological polar surface area (TPSA) is 110 Å². The van der Waals surface area contributed by atoms with E-state index in [-0.39, 0.29) is 18.9 Å². The summed E-state index contributed by atoms with van der Waals surface area (Å²) in [5, 5.41) is 10.5. The van der Waals surface area contributed by atoms with Crippen molar-refractivity contribution in [2.24, 2.45) is 0 Å². The minimum absolute atomic E-state index is 0.127. The third kappa shape index (κ3) is 3.08. The van der Waals surface area contributed by atoms with E-state index < -0.39 is 16.2 Å². The average Bonchev–Trinajstić information content (AvgIpc) is 2.47. The second-order valence-electron chi connectivity index (χ2n) is 2.72. The van der Waals surface area contributed by atoms with Crippen molar-refractivity contribution in [3.63, 3.8) is 0 Å². The Bertz CT molecular complexity index is 390. The van der Waals surface area contributed by atoms with Crippen LogP contribution in [-0.2, 0) is 17.8 Å². The smallest absolute Gasteiger partial charge is 0.342 e. The molecule has 1 aromatic rings. The van der Waals surface area contributed by atoms with Crippen LogP contribution in [0, 0.1) is 17.0 Å². The van der Waals surface area contributed by atoms with Crippen LogP contribution in [0.5, 0.6) is 0 Å². The van der Waals surface area contributed by atoms with Crippen molar-refractivity contribution < 1.29 is 13.7 Å². The Morgan fingerprint density at radius 3 is 3.00 bits per heavy atom. The fourth-order valence-corrected chi connectivity index (χ4v) is 1.39. The molecule has 0 spiro atoms. The SMILES string of the molecule is Cc1ncc([N+](=O)[O-])n1CCNS(=O)O. The molecule has 84 valence electrons. The number of aromatic nitrogens is 2. The van der Waals surface area contributed by atoms with E-state index in [1.54, 1.807) is 6.92 Å². The van der Waals surface area contributed by atoms with Crippen molar-refractivity contribution in [3.8, 4) is 0 Å². The molecule has 9 heteroatoms. The van der Waals surface area contributed by atoms with E-state index >= 15 is 0 Å². The largest absolute Gasteiger partial charge is 0.358 e. The van der Waals surface area contributed by atoms with Crippen LogP contribution in [0.25, 0.3) is 0 Å². The first-order valence-electron chi connectivity index (χ1n) is 4.03. The molecule has 0 aromatic carbocycles. The molecular formula is C6H10N4O4S. The molecule has 8 nitrogen and oxygen atoms in total. The van der Waals surface area contributed by atoms with E-state index in [2.05, 4.69) is 9.71 Å². The zero-order chi connectivity index (χ0) is 11.4.